The van der Waals surface area contributed by atoms with Gasteiger partial charge in [0.1, 0.15) is 6.54 Å². The molecule has 2 aromatic rings. The van der Waals surface area contributed by atoms with Crippen LogP contribution in [0.5, 0.6) is 11.5 Å². The summed E-state index contributed by atoms with van der Waals surface area (Å²) < 4.78 is 10.5. The monoisotopic (exact) mass is 566 g/mol. The van der Waals surface area contributed by atoms with Crippen LogP contribution in [0.15, 0.2) is 35.2 Å². The predicted molar refractivity (Wildman–Crippen MR) is 142 cm³/mol. The number of phenolic OH excluding ortho intramolecular Hbond substituents is 1. The lowest BCUT2D eigenvalue weighted by Crippen LogP contribution is -2.36. The fraction of sp³-hybridized carbons (Fsp3) is 0.280. The molecule has 37 heavy (non-hydrogen) atoms. The lowest BCUT2D eigenvalue weighted by Gasteiger charge is -2.13. The van der Waals surface area contributed by atoms with E-state index in [0.29, 0.717) is 23.7 Å². The Hall–Kier alpha value is -3.21. The molecule has 1 aliphatic heterocycles. The first-order chi connectivity index (χ1) is 17.6. The molecule has 2 N–H and O–H groups in total. The number of rotatable bonds is 10. The first kappa shape index (κ1) is 28.4. The third-order valence-corrected chi connectivity index (χ3v) is 6.55. The molecule has 0 aromatic heterocycles. The Bertz CT molecular complexity index is 1270. The van der Waals surface area contributed by atoms with Crippen LogP contribution in [0, 0.1) is 0 Å². The molecular weight excluding hydrogens is 543 g/mol. The van der Waals surface area contributed by atoms with E-state index in [1.807, 2.05) is 6.92 Å². The number of nitrogens with zero attached hydrogens (tertiary/aromatic N) is 1. The molecule has 0 unspecified atom stereocenters. The molecule has 1 heterocycles. The summed E-state index contributed by atoms with van der Waals surface area (Å²) in [5, 5.41) is 12.1. The van der Waals surface area contributed by atoms with Gasteiger partial charge in [-0.2, -0.15) is 0 Å². The zero-order valence-corrected chi connectivity index (χ0v) is 22.3. The van der Waals surface area contributed by atoms with Crippen molar-refractivity contribution in [3.8, 4) is 11.5 Å². The maximum atomic E-state index is 12.8. The minimum atomic E-state index is -0.663. The summed E-state index contributed by atoms with van der Waals surface area (Å²) in [5.41, 5.74) is 0.769. The van der Waals surface area contributed by atoms with Gasteiger partial charge in [0.15, 0.2) is 11.5 Å². The van der Waals surface area contributed by atoms with Gasteiger partial charge in [0, 0.05) is 5.69 Å². The van der Waals surface area contributed by atoms with Crippen molar-refractivity contribution in [2.75, 3.05) is 25.1 Å². The fourth-order valence-corrected chi connectivity index (χ4v) is 4.47. The topological polar surface area (TPSA) is 122 Å². The Morgan fingerprint density at radius 2 is 1.89 bits per heavy atom. The maximum absolute atomic E-state index is 12.8. The minimum absolute atomic E-state index is 0.0207. The summed E-state index contributed by atoms with van der Waals surface area (Å²) in [4.78, 5) is 51.0. The van der Waals surface area contributed by atoms with Crippen LogP contribution in [0.1, 0.15) is 42.6 Å². The van der Waals surface area contributed by atoms with Crippen molar-refractivity contribution in [1.82, 2.24) is 4.90 Å². The number of nitrogens with one attached hydrogen (secondary N) is 1. The van der Waals surface area contributed by atoms with Crippen molar-refractivity contribution in [2.24, 2.45) is 0 Å². The van der Waals surface area contributed by atoms with Crippen LogP contribution in [0.25, 0.3) is 6.08 Å². The number of imide groups is 1. The van der Waals surface area contributed by atoms with E-state index in [-0.39, 0.29) is 50.9 Å². The second kappa shape index (κ2) is 12.8. The van der Waals surface area contributed by atoms with Gasteiger partial charge in [-0.1, -0.05) is 36.5 Å². The van der Waals surface area contributed by atoms with E-state index in [4.69, 9.17) is 32.7 Å². The number of aromatic hydroxyl groups is 1. The number of esters is 1. The van der Waals surface area contributed by atoms with Crippen molar-refractivity contribution in [1.29, 1.82) is 0 Å². The number of anilines is 1. The number of hydrogen-bond acceptors (Lipinski definition) is 8. The number of unbranched alkanes of at least 4 members (excludes halogenated alkanes) is 1. The van der Waals surface area contributed by atoms with Gasteiger partial charge in [0.05, 0.1) is 33.7 Å². The van der Waals surface area contributed by atoms with E-state index in [0.717, 1.165) is 11.3 Å². The van der Waals surface area contributed by atoms with Gasteiger partial charge in [-0.3, -0.25) is 19.3 Å². The van der Waals surface area contributed by atoms with Gasteiger partial charge in [0.25, 0.3) is 11.1 Å². The average molecular weight is 567 g/mol. The highest BCUT2D eigenvalue weighted by molar-refractivity contribution is 8.18. The number of hydrogen-bond donors (Lipinski definition) is 2. The van der Waals surface area contributed by atoms with E-state index >= 15 is 0 Å². The van der Waals surface area contributed by atoms with E-state index in [2.05, 4.69) is 5.32 Å². The van der Waals surface area contributed by atoms with Crippen LogP contribution in [0.2, 0.25) is 10.0 Å². The van der Waals surface area contributed by atoms with E-state index in [9.17, 15) is 24.3 Å². The van der Waals surface area contributed by atoms with E-state index in [1.165, 1.54) is 36.4 Å². The summed E-state index contributed by atoms with van der Waals surface area (Å²) in [6.45, 7) is 3.69. The smallest absolute Gasteiger partial charge is 0.339 e. The largest absolute Gasteiger partial charge is 0.503 e. The summed E-state index contributed by atoms with van der Waals surface area (Å²) in [6, 6.07) is 7.20. The summed E-state index contributed by atoms with van der Waals surface area (Å²) >= 11 is 12.8. The fourth-order valence-electron chi connectivity index (χ4n) is 3.22. The Kier molecular flexibility index (Phi) is 9.85. The molecule has 2 aromatic carbocycles. The zero-order valence-electron chi connectivity index (χ0n) is 20.0. The molecule has 196 valence electrons. The number of benzene rings is 2. The molecule has 3 amide bonds. The number of carbonyl (C=O) groups excluding carboxylic acids is 4. The first-order valence-electron chi connectivity index (χ1n) is 11.3. The molecule has 3 rings (SSSR count). The van der Waals surface area contributed by atoms with Crippen molar-refractivity contribution < 1.29 is 33.8 Å². The Morgan fingerprint density at radius 1 is 1.14 bits per heavy atom. The second-order valence-corrected chi connectivity index (χ2v) is 9.59. The molecule has 0 aliphatic carbocycles. The van der Waals surface area contributed by atoms with Crippen LogP contribution >= 0.6 is 35.0 Å². The van der Waals surface area contributed by atoms with Crippen LogP contribution < -0.4 is 10.1 Å². The summed E-state index contributed by atoms with van der Waals surface area (Å²) in [5.74, 6) is -2.03. The number of ether oxygens (including phenoxy) is 2. The van der Waals surface area contributed by atoms with Gasteiger partial charge >= 0.3 is 5.97 Å². The van der Waals surface area contributed by atoms with Gasteiger partial charge in [-0.25, -0.2) is 4.79 Å². The third kappa shape index (κ3) is 7.18. The van der Waals surface area contributed by atoms with Gasteiger partial charge in [0.2, 0.25) is 5.91 Å². The van der Waals surface area contributed by atoms with Gasteiger partial charge in [-0.05, 0) is 67.1 Å². The molecule has 0 bridgehead atoms. The highest BCUT2D eigenvalue weighted by atomic mass is 35.5. The SMILES string of the molecule is CCCCOC(=O)c1cc(NC(=O)CN2C(=O)S/C(=C\c3cc(Cl)c(O)c(OCC)c3)C2=O)ccc1Cl. The number of thioether (sulfide) groups is 1. The Balaban J connectivity index is 1.70. The Morgan fingerprint density at radius 3 is 2.59 bits per heavy atom. The molecule has 12 heteroatoms. The molecule has 9 nitrogen and oxygen atoms in total. The number of phenols is 1. The lowest BCUT2D eigenvalue weighted by molar-refractivity contribution is -0.127. The van der Waals surface area contributed by atoms with E-state index in [1.54, 1.807) is 6.92 Å². The molecular formula is C25H24Cl2N2O7S. The molecule has 1 aliphatic rings. The highest BCUT2D eigenvalue weighted by Gasteiger charge is 2.36. The lowest BCUT2D eigenvalue weighted by atomic mass is 10.2. The minimum Gasteiger partial charge on any atom is -0.503 e. The van der Waals surface area contributed by atoms with Crippen LogP contribution in [-0.4, -0.2) is 52.8 Å². The van der Waals surface area contributed by atoms with Crippen LogP contribution in [0.4, 0.5) is 10.5 Å². The van der Waals surface area contributed by atoms with Crippen molar-refractivity contribution in [3.05, 3.63) is 56.4 Å². The summed E-state index contributed by atoms with van der Waals surface area (Å²) in [6.07, 6.45) is 2.99. The maximum Gasteiger partial charge on any atom is 0.339 e. The van der Waals surface area contributed by atoms with Crippen molar-refractivity contribution in [2.45, 2.75) is 26.7 Å². The molecule has 1 fully saturated rings. The standard InChI is InChI=1S/C25H24Cl2N2O7S/c1-3-5-8-36-24(33)16-12-15(6-7-17(16)26)28-21(30)13-29-23(32)20(37-25(29)34)11-14-9-18(27)22(31)19(10-14)35-4-2/h6-7,9-12,31H,3-5,8,13H2,1-2H3,(H,28,30)/b20-11-. The quantitative estimate of drug-likeness (QED) is 0.212. The molecule has 0 saturated carbocycles. The third-order valence-electron chi connectivity index (χ3n) is 5.02. The first-order valence-corrected chi connectivity index (χ1v) is 12.9. The molecule has 0 radical (unpaired) electrons. The number of halogens is 2. The average Bonchev–Trinajstić information content (AvgIpc) is 3.10. The molecule has 0 atom stereocenters. The van der Waals surface area contributed by atoms with Crippen molar-refractivity contribution in [3.63, 3.8) is 0 Å². The zero-order chi connectivity index (χ0) is 27.1. The molecule has 0 spiro atoms. The van der Waals surface area contributed by atoms with Gasteiger partial charge in [-0.15, -0.1) is 0 Å². The normalized spacial score (nSPS) is 14.3. The second-order valence-electron chi connectivity index (χ2n) is 7.78. The number of carbonyl (C=O) groups is 4. The number of amides is 3. The Labute approximate surface area is 227 Å². The van der Waals surface area contributed by atoms with Crippen LogP contribution in [-0.2, 0) is 14.3 Å². The summed E-state index contributed by atoms with van der Waals surface area (Å²) in [7, 11) is 0. The van der Waals surface area contributed by atoms with E-state index < -0.39 is 29.6 Å². The van der Waals surface area contributed by atoms with Gasteiger partial charge < -0.3 is 19.9 Å². The molecule has 1 saturated heterocycles. The predicted octanol–water partition coefficient (Wildman–Crippen LogP) is 5.73. The van der Waals surface area contributed by atoms with Crippen molar-refractivity contribution >= 4 is 69.8 Å². The highest BCUT2D eigenvalue weighted by Crippen LogP contribution is 2.38. The van der Waals surface area contributed by atoms with Crippen LogP contribution in [0.3, 0.4) is 0 Å².